The van der Waals surface area contributed by atoms with Gasteiger partial charge < -0.3 is 0 Å². The predicted molar refractivity (Wildman–Crippen MR) is 48.3 cm³/mol. The van der Waals surface area contributed by atoms with Crippen LogP contribution in [0, 0.1) is 13.8 Å². The van der Waals surface area contributed by atoms with Gasteiger partial charge in [0.1, 0.15) is 0 Å². The molecule has 0 fully saturated rings. The lowest BCUT2D eigenvalue weighted by molar-refractivity contribution is -0.191. The molecule has 1 aromatic rings. The topological polar surface area (TPSA) is 59.9 Å². The fraction of sp³-hybridized carbons (Fsp3) is 0.375. The van der Waals surface area contributed by atoms with Gasteiger partial charge in [0.15, 0.2) is 5.16 Å². The van der Waals surface area contributed by atoms with Gasteiger partial charge in [-0.25, -0.2) is 9.97 Å². The van der Waals surface area contributed by atoms with E-state index in [4.69, 9.17) is 9.59 Å². The van der Waals surface area contributed by atoms with Gasteiger partial charge in [0.05, 0.1) is 0 Å². The van der Waals surface area contributed by atoms with E-state index in [0.717, 1.165) is 16.5 Å². The summed E-state index contributed by atoms with van der Waals surface area (Å²) in [5.41, 5.74) is 2.08. The van der Waals surface area contributed by atoms with Gasteiger partial charge in [-0.05, 0) is 26.2 Å². The average molecular weight is 198 g/mol. The van der Waals surface area contributed by atoms with Crippen LogP contribution in [0.3, 0.4) is 0 Å². The lowest BCUT2D eigenvalue weighted by Crippen LogP contribution is -1.91. The van der Waals surface area contributed by atoms with Crippen LogP contribution in [-0.2, 0) is 9.59 Å². The fourth-order valence-corrected chi connectivity index (χ4v) is 1.26. The van der Waals surface area contributed by atoms with E-state index in [-0.39, 0.29) is 6.15 Å². The molecule has 0 bridgehead atoms. The molecule has 0 saturated carbocycles. The number of aryl methyl sites for hydroxylation is 2. The summed E-state index contributed by atoms with van der Waals surface area (Å²) in [4.78, 5) is 24.7. The molecule has 0 N–H and O–H groups in total. The maximum absolute atomic E-state index is 8.12. The van der Waals surface area contributed by atoms with Gasteiger partial charge >= 0.3 is 6.15 Å². The third-order valence-electron chi connectivity index (χ3n) is 1.14. The van der Waals surface area contributed by atoms with Crippen molar-refractivity contribution in [2.24, 2.45) is 0 Å². The summed E-state index contributed by atoms with van der Waals surface area (Å²) in [7, 11) is 0. The van der Waals surface area contributed by atoms with E-state index in [1.807, 2.05) is 26.2 Å². The van der Waals surface area contributed by atoms with Crippen LogP contribution in [-0.4, -0.2) is 22.4 Å². The highest BCUT2D eigenvalue weighted by Crippen LogP contribution is 2.08. The number of carbonyl (C=O) groups excluding carboxylic acids is 2. The second kappa shape index (κ2) is 6.34. The van der Waals surface area contributed by atoms with Gasteiger partial charge in [-0.1, -0.05) is 11.8 Å². The molecule has 0 unspecified atom stereocenters. The summed E-state index contributed by atoms with van der Waals surface area (Å²) in [6, 6.07) is 1.97. The minimum Gasteiger partial charge on any atom is -0.228 e. The van der Waals surface area contributed by atoms with Crippen LogP contribution in [0.2, 0.25) is 0 Å². The Labute approximate surface area is 80.8 Å². The summed E-state index contributed by atoms with van der Waals surface area (Å²) in [6.07, 6.45) is 2.23. The molecular weight excluding hydrogens is 188 g/mol. The molecule has 5 heteroatoms. The molecule has 0 aromatic carbocycles. The number of nitrogens with zero attached hydrogens (tertiary/aromatic N) is 2. The Kier molecular flexibility index (Phi) is 5.76. The van der Waals surface area contributed by atoms with Gasteiger partial charge in [0.2, 0.25) is 0 Å². The number of aromatic nitrogens is 2. The first-order valence-electron chi connectivity index (χ1n) is 3.49. The van der Waals surface area contributed by atoms with Crippen LogP contribution >= 0.6 is 11.8 Å². The minimum absolute atomic E-state index is 0.250. The molecule has 0 aliphatic heterocycles. The van der Waals surface area contributed by atoms with Gasteiger partial charge in [-0.15, -0.1) is 0 Å². The molecule has 0 atom stereocenters. The normalized spacial score (nSPS) is 8.23. The zero-order valence-corrected chi connectivity index (χ0v) is 8.51. The van der Waals surface area contributed by atoms with Crippen molar-refractivity contribution in [2.75, 3.05) is 6.26 Å². The Morgan fingerprint density at radius 3 is 1.92 bits per heavy atom. The second-order valence-corrected chi connectivity index (χ2v) is 2.99. The number of rotatable bonds is 1. The standard InChI is InChI=1S/C7H10N2S.CO2/c1-5-4-6(2)9-7(8-5)10-3;2-1-3/h4H,1-3H3;. The third-order valence-corrected chi connectivity index (χ3v) is 1.69. The predicted octanol–water partition coefficient (Wildman–Crippen LogP) is 1.23. The number of hydrogen-bond acceptors (Lipinski definition) is 5. The van der Waals surface area contributed by atoms with Crippen molar-refractivity contribution in [1.29, 1.82) is 0 Å². The summed E-state index contributed by atoms with van der Waals surface area (Å²) < 4.78 is 0. The highest BCUT2D eigenvalue weighted by atomic mass is 32.2. The highest BCUT2D eigenvalue weighted by molar-refractivity contribution is 7.98. The molecule has 0 spiro atoms. The van der Waals surface area contributed by atoms with E-state index in [9.17, 15) is 0 Å². The Bertz CT molecular complexity index is 289. The summed E-state index contributed by atoms with van der Waals surface area (Å²) in [5.74, 6) is 0. The molecule has 1 rings (SSSR count). The van der Waals surface area contributed by atoms with Crippen molar-refractivity contribution in [3.8, 4) is 0 Å². The molecule has 13 heavy (non-hydrogen) atoms. The van der Waals surface area contributed by atoms with Gasteiger partial charge in [0, 0.05) is 11.4 Å². The molecular formula is C8H10N2O2S. The van der Waals surface area contributed by atoms with Crippen LogP contribution < -0.4 is 0 Å². The van der Waals surface area contributed by atoms with Crippen molar-refractivity contribution in [3.63, 3.8) is 0 Å². The molecule has 4 nitrogen and oxygen atoms in total. The Morgan fingerprint density at radius 2 is 1.62 bits per heavy atom. The monoisotopic (exact) mass is 198 g/mol. The molecule has 0 saturated heterocycles. The first-order chi connectivity index (χ1) is 6.13. The summed E-state index contributed by atoms with van der Waals surface area (Å²) >= 11 is 1.57. The Hall–Kier alpha value is -1.19. The Morgan fingerprint density at radius 1 is 1.23 bits per heavy atom. The molecule has 70 valence electrons. The van der Waals surface area contributed by atoms with Crippen molar-refractivity contribution >= 4 is 17.9 Å². The lowest BCUT2D eigenvalue weighted by atomic mass is 10.4. The van der Waals surface area contributed by atoms with Crippen molar-refractivity contribution in [3.05, 3.63) is 17.5 Å². The number of hydrogen-bond donors (Lipinski definition) is 0. The third kappa shape index (κ3) is 5.11. The molecule has 1 heterocycles. The first kappa shape index (κ1) is 11.8. The van der Waals surface area contributed by atoms with Crippen LogP contribution in [0.15, 0.2) is 11.2 Å². The van der Waals surface area contributed by atoms with Gasteiger partial charge in [-0.3, -0.25) is 0 Å². The SMILES string of the molecule is CSc1nc(C)cc(C)n1.O=C=O. The zero-order chi connectivity index (χ0) is 10.3. The molecule has 1 aromatic heterocycles. The molecule has 0 aliphatic carbocycles. The van der Waals surface area contributed by atoms with Gasteiger partial charge in [-0.2, -0.15) is 9.59 Å². The van der Waals surface area contributed by atoms with E-state index < -0.39 is 0 Å². The first-order valence-corrected chi connectivity index (χ1v) is 4.72. The number of thioether (sulfide) groups is 1. The van der Waals surface area contributed by atoms with E-state index in [2.05, 4.69) is 9.97 Å². The second-order valence-electron chi connectivity index (χ2n) is 2.22. The molecule has 0 radical (unpaired) electrons. The van der Waals surface area contributed by atoms with E-state index in [1.165, 1.54) is 0 Å². The maximum Gasteiger partial charge on any atom is 0.373 e. The van der Waals surface area contributed by atoms with E-state index >= 15 is 0 Å². The zero-order valence-electron chi connectivity index (χ0n) is 7.70. The van der Waals surface area contributed by atoms with Crippen molar-refractivity contribution in [1.82, 2.24) is 9.97 Å². The molecule has 0 aliphatic rings. The van der Waals surface area contributed by atoms with Crippen LogP contribution in [0.1, 0.15) is 11.4 Å². The van der Waals surface area contributed by atoms with Crippen LogP contribution in [0.5, 0.6) is 0 Å². The molecule has 0 amide bonds. The van der Waals surface area contributed by atoms with Gasteiger partial charge in [0.25, 0.3) is 0 Å². The highest BCUT2D eigenvalue weighted by Gasteiger charge is 1.94. The quantitative estimate of drug-likeness (QED) is 0.501. The van der Waals surface area contributed by atoms with Crippen molar-refractivity contribution < 1.29 is 9.59 Å². The largest absolute Gasteiger partial charge is 0.373 e. The van der Waals surface area contributed by atoms with E-state index in [1.54, 1.807) is 11.8 Å². The van der Waals surface area contributed by atoms with Crippen LogP contribution in [0.4, 0.5) is 0 Å². The summed E-state index contributed by atoms with van der Waals surface area (Å²) in [6.45, 7) is 3.96. The van der Waals surface area contributed by atoms with E-state index in [0.29, 0.717) is 0 Å². The minimum atomic E-state index is 0.250. The smallest absolute Gasteiger partial charge is 0.228 e. The van der Waals surface area contributed by atoms with Crippen LogP contribution in [0.25, 0.3) is 0 Å². The van der Waals surface area contributed by atoms with Crippen molar-refractivity contribution in [2.45, 2.75) is 19.0 Å². The lowest BCUT2D eigenvalue weighted by Gasteiger charge is -1.97. The maximum atomic E-state index is 8.12. The fourth-order valence-electron chi connectivity index (χ4n) is 0.785. The Balaban J connectivity index is 0.000000424. The average Bonchev–Trinajstić information content (AvgIpc) is 2.04. The summed E-state index contributed by atoms with van der Waals surface area (Å²) in [5, 5.41) is 0.859.